The molecule has 1 aliphatic heterocycles. The summed E-state index contributed by atoms with van der Waals surface area (Å²) in [7, 11) is 0. The van der Waals surface area contributed by atoms with Gasteiger partial charge in [-0.3, -0.25) is 19.3 Å². The van der Waals surface area contributed by atoms with Gasteiger partial charge in [0.05, 0.1) is 152 Å². The molecular weight excluding hydrogens is 714 g/mol. The molecule has 0 saturated carbocycles. The second kappa shape index (κ2) is 40.5. The molecule has 18 nitrogen and oxygen atoms in total. The van der Waals surface area contributed by atoms with Crippen LogP contribution in [0.3, 0.4) is 0 Å². The van der Waals surface area contributed by atoms with Gasteiger partial charge in [-0.05, 0) is 19.5 Å². The van der Waals surface area contributed by atoms with E-state index in [-0.39, 0.29) is 18.9 Å². The third kappa shape index (κ3) is 34.3. The van der Waals surface area contributed by atoms with Crippen LogP contribution in [0.15, 0.2) is 12.2 Å². The molecule has 0 aromatic carbocycles. The van der Waals surface area contributed by atoms with Crippen LogP contribution in [0, 0.1) is 0 Å². The Balaban J connectivity index is 1.63. The molecule has 316 valence electrons. The molecule has 0 aliphatic carbocycles. The van der Waals surface area contributed by atoms with E-state index in [2.05, 4.69) is 17.6 Å². The third-order valence-electron chi connectivity index (χ3n) is 7.02. The molecule has 1 rings (SSSR count). The molecule has 18 heteroatoms. The van der Waals surface area contributed by atoms with Gasteiger partial charge in [-0.2, -0.15) is 0 Å². The quantitative estimate of drug-likeness (QED) is 0.0601. The van der Waals surface area contributed by atoms with Crippen molar-refractivity contribution in [1.82, 2.24) is 15.5 Å². The zero-order valence-corrected chi connectivity index (χ0v) is 32.4. The fourth-order valence-electron chi connectivity index (χ4n) is 4.21. The van der Waals surface area contributed by atoms with Crippen LogP contribution in [-0.4, -0.2) is 207 Å². The maximum Gasteiger partial charge on any atom is 0.253 e. The van der Waals surface area contributed by atoms with E-state index in [1.807, 2.05) is 0 Å². The fourth-order valence-corrected chi connectivity index (χ4v) is 4.21. The smallest absolute Gasteiger partial charge is 0.253 e. The van der Waals surface area contributed by atoms with E-state index in [0.29, 0.717) is 159 Å². The van der Waals surface area contributed by atoms with Crippen LogP contribution in [0.25, 0.3) is 0 Å². The standard InChI is InChI=1S/C36H67N3O15/c1-2-37-7-3-10-43-12-14-45-16-18-47-20-22-49-24-26-51-28-30-53-32-33-54-31-29-52-27-25-50-23-21-48-19-17-46-15-13-44-11-8-38-34(40)6-9-39-35(41)4-5-36(39)42/h4-5,37H,2-3,6-33H2,1H3,(H,38,40). The average Bonchev–Trinajstić information content (AvgIpc) is 3.50. The Bertz CT molecular complexity index is 885. The van der Waals surface area contributed by atoms with Gasteiger partial charge in [-0.25, -0.2) is 0 Å². The number of nitrogens with one attached hydrogen (secondary N) is 2. The Morgan fingerprint density at radius 1 is 0.463 bits per heavy atom. The summed E-state index contributed by atoms with van der Waals surface area (Å²) in [6.07, 6.45) is 3.45. The first-order chi connectivity index (χ1) is 26.6. The zero-order valence-electron chi connectivity index (χ0n) is 32.4. The highest BCUT2D eigenvalue weighted by Crippen LogP contribution is 2.04. The fraction of sp³-hybridized carbons (Fsp3) is 0.861. The topological polar surface area (TPSA) is 189 Å². The van der Waals surface area contributed by atoms with E-state index in [1.165, 1.54) is 12.2 Å². The lowest BCUT2D eigenvalue weighted by Crippen LogP contribution is -2.35. The van der Waals surface area contributed by atoms with Crippen LogP contribution >= 0.6 is 0 Å². The second-order valence-electron chi connectivity index (χ2n) is 11.3. The van der Waals surface area contributed by atoms with Crippen molar-refractivity contribution in [2.45, 2.75) is 19.8 Å². The maximum absolute atomic E-state index is 11.8. The molecule has 1 heterocycles. The van der Waals surface area contributed by atoms with Crippen LogP contribution in [0.2, 0.25) is 0 Å². The van der Waals surface area contributed by atoms with E-state index in [0.717, 1.165) is 31.0 Å². The number of hydrogen-bond donors (Lipinski definition) is 2. The molecular formula is C36H67N3O15. The maximum atomic E-state index is 11.8. The number of ether oxygens (including phenoxy) is 12. The Labute approximate surface area is 321 Å². The first-order valence-electron chi connectivity index (χ1n) is 19.1. The number of amides is 3. The van der Waals surface area contributed by atoms with Crippen LogP contribution in [-0.2, 0) is 71.2 Å². The molecule has 0 aromatic heterocycles. The number of nitrogens with zero attached hydrogens (tertiary/aromatic N) is 1. The minimum absolute atomic E-state index is 0.0521. The molecule has 0 spiro atoms. The second-order valence-corrected chi connectivity index (χ2v) is 11.3. The van der Waals surface area contributed by atoms with Crippen LogP contribution in [0.4, 0.5) is 0 Å². The van der Waals surface area contributed by atoms with Gasteiger partial charge >= 0.3 is 0 Å². The highest BCUT2D eigenvalue weighted by atomic mass is 16.6. The molecule has 0 saturated heterocycles. The third-order valence-corrected chi connectivity index (χ3v) is 7.02. The first-order valence-corrected chi connectivity index (χ1v) is 19.1. The summed E-state index contributed by atoms with van der Waals surface area (Å²) in [6, 6.07) is 0. The van der Waals surface area contributed by atoms with Gasteiger partial charge in [-0.1, -0.05) is 6.92 Å². The van der Waals surface area contributed by atoms with Gasteiger partial charge < -0.3 is 67.5 Å². The van der Waals surface area contributed by atoms with Crippen LogP contribution < -0.4 is 10.6 Å². The lowest BCUT2D eigenvalue weighted by molar-refractivity contribution is -0.137. The van der Waals surface area contributed by atoms with Crippen molar-refractivity contribution in [3.63, 3.8) is 0 Å². The van der Waals surface area contributed by atoms with E-state index in [9.17, 15) is 14.4 Å². The number of carbonyl (C=O) groups is 3. The minimum Gasteiger partial charge on any atom is -0.379 e. The van der Waals surface area contributed by atoms with Crippen molar-refractivity contribution < 1.29 is 71.2 Å². The van der Waals surface area contributed by atoms with E-state index in [1.54, 1.807) is 0 Å². The molecule has 3 amide bonds. The minimum atomic E-state index is -0.397. The van der Waals surface area contributed by atoms with Crippen molar-refractivity contribution in [1.29, 1.82) is 0 Å². The van der Waals surface area contributed by atoms with Gasteiger partial charge in [-0.15, -0.1) is 0 Å². The zero-order chi connectivity index (χ0) is 38.8. The van der Waals surface area contributed by atoms with Gasteiger partial charge in [0.1, 0.15) is 0 Å². The summed E-state index contributed by atoms with van der Waals surface area (Å²) in [6.45, 7) is 16.3. The number of carbonyl (C=O) groups excluding carboxylic acids is 3. The Hall–Kier alpha value is -2.17. The molecule has 54 heavy (non-hydrogen) atoms. The van der Waals surface area contributed by atoms with Gasteiger partial charge in [0.15, 0.2) is 0 Å². The van der Waals surface area contributed by atoms with Crippen LogP contribution in [0.1, 0.15) is 19.8 Å². The summed E-state index contributed by atoms with van der Waals surface area (Å²) >= 11 is 0. The number of rotatable bonds is 44. The molecule has 1 aliphatic rings. The molecule has 0 unspecified atom stereocenters. The Morgan fingerprint density at radius 3 is 1.07 bits per heavy atom. The predicted molar refractivity (Wildman–Crippen MR) is 196 cm³/mol. The van der Waals surface area contributed by atoms with Gasteiger partial charge in [0.2, 0.25) is 5.91 Å². The monoisotopic (exact) mass is 781 g/mol. The Kier molecular flexibility index (Phi) is 37.4. The lowest BCUT2D eigenvalue weighted by atomic mass is 10.3. The normalized spacial score (nSPS) is 12.8. The Morgan fingerprint density at radius 2 is 0.759 bits per heavy atom. The summed E-state index contributed by atoms with van der Waals surface area (Å²) in [5, 5.41) is 5.94. The van der Waals surface area contributed by atoms with Gasteiger partial charge in [0, 0.05) is 38.3 Å². The predicted octanol–water partition coefficient (Wildman–Crippen LogP) is -0.383. The van der Waals surface area contributed by atoms with Crippen molar-refractivity contribution in [2.24, 2.45) is 0 Å². The molecule has 2 N–H and O–H groups in total. The molecule has 0 bridgehead atoms. The highest BCUT2D eigenvalue weighted by molar-refractivity contribution is 6.13. The van der Waals surface area contributed by atoms with Crippen molar-refractivity contribution in [3.8, 4) is 0 Å². The van der Waals surface area contributed by atoms with E-state index >= 15 is 0 Å². The largest absolute Gasteiger partial charge is 0.379 e. The number of hydrogen-bond acceptors (Lipinski definition) is 16. The van der Waals surface area contributed by atoms with Gasteiger partial charge in [0.25, 0.3) is 11.8 Å². The first kappa shape index (κ1) is 49.8. The molecule has 0 aromatic rings. The van der Waals surface area contributed by atoms with Crippen molar-refractivity contribution in [3.05, 3.63) is 12.2 Å². The average molecular weight is 782 g/mol. The molecule has 0 radical (unpaired) electrons. The van der Waals surface area contributed by atoms with Crippen molar-refractivity contribution in [2.75, 3.05) is 185 Å². The summed E-state index contributed by atoms with van der Waals surface area (Å²) < 4.78 is 65.6. The lowest BCUT2D eigenvalue weighted by Gasteiger charge is -2.13. The van der Waals surface area contributed by atoms with Crippen molar-refractivity contribution >= 4 is 17.7 Å². The van der Waals surface area contributed by atoms with E-state index in [4.69, 9.17) is 56.8 Å². The molecule has 0 atom stereocenters. The summed E-state index contributed by atoms with van der Waals surface area (Å²) in [4.78, 5) is 35.7. The highest BCUT2D eigenvalue weighted by Gasteiger charge is 2.23. The molecule has 0 fully saturated rings. The number of imide groups is 1. The summed E-state index contributed by atoms with van der Waals surface area (Å²) in [5.74, 6) is -1.05. The SMILES string of the molecule is CCNCCCOCCOCCOCCOCCOCCOCCOCCOCCOCCOCCOCCOCCNC(=O)CCN1C(=O)C=CC1=O. The van der Waals surface area contributed by atoms with E-state index < -0.39 is 11.8 Å². The summed E-state index contributed by atoms with van der Waals surface area (Å²) in [5.41, 5.74) is 0. The van der Waals surface area contributed by atoms with Crippen LogP contribution in [0.5, 0.6) is 0 Å².